The van der Waals surface area contributed by atoms with Crippen LogP contribution in [0.2, 0.25) is 0 Å². The number of anilines is 1. The number of benzene rings is 1. The minimum absolute atomic E-state index is 0.120. The van der Waals surface area contributed by atoms with Crippen molar-refractivity contribution in [1.82, 2.24) is 4.90 Å². The molecule has 0 radical (unpaired) electrons. The second-order valence-corrected chi connectivity index (χ2v) is 6.77. The first-order valence-electron chi connectivity index (χ1n) is 9.56. The van der Waals surface area contributed by atoms with E-state index in [1.54, 1.807) is 25.1 Å². The van der Waals surface area contributed by atoms with E-state index in [1.165, 1.54) is 4.90 Å². The Morgan fingerprint density at radius 1 is 1.19 bits per heavy atom. The Kier molecular flexibility index (Phi) is 6.11. The van der Waals surface area contributed by atoms with Crippen molar-refractivity contribution in [3.05, 3.63) is 24.3 Å². The molecule has 7 nitrogen and oxygen atoms in total. The highest BCUT2D eigenvalue weighted by molar-refractivity contribution is 6.23. The van der Waals surface area contributed by atoms with Crippen LogP contribution in [0, 0.1) is 5.92 Å². The van der Waals surface area contributed by atoms with Gasteiger partial charge in [0.2, 0.25) is 5.91 Å². The molecule has 1 aromatic rings. The number of hydrogen-bond acceptors (Lipinski definition) is 6. The summed E-state index contributed by atoms with van der Waals surface area (Å²) >= 11 is 0. The SMILES string of the molecule is CCOC(=O)[C@@H]1CCCN([C@@H]2CC(=O)N(c3ccccc3OCC)C2=O)C1. The van der Waals surface area contributed by atoms with E-state index in [0.29, 0.717) is 37.7 Å². The van der Waals surface area contributed by atoms with Gasteiger partial charge in [0.05, 0.1) is 37.3 Å². The van der Waals surface area contributed by atoms with E-state index in [-0.39, 0.29) is 30.1 Å². The van der Waals surface area contributed by atoms with E-state index in [2.05, 4.69) is 0 Å². The summed E-state index contributed by atoms with van der Waals surface area (Å²) in [7, 11) is 0. The van der Waals surface area contributed by atoms with Crippen LogP contribution in [0.1, 0.15) is 33.1 Å². The molecule has 0 saturated carbocycles. The van der Waals surface area contributed by atoms with E-state index in [9.17, 15) is 14.4 Å². The van der Waals surface area contributed by atoms with Crippen molar-refractivity contribution in [2.45, 2.75) is 39.2 Å². The molecule has 2 fully saturated rings. The summed E-state index contributed by atoms with van der Waals surface area (Å²) in [6.45, 7) is 5.58. The molecule has 2 heterocycles. The maximum atomic E-state index is 13.1. The Morgan fingerprint density at radius 2 is 1.96 bits per heavy atom. The number of likely N-dealkylation sites (tertiary alicyclic amines) is 1. The fraction of sp³-hybridized carbons (Fsp3) is 0.550. The summed E-state index contributed by atoms with van der Waals surface area (Å²) in [5.74, 6) is -0.443. The summed E-state index contributed by atoms with van der Waals surface area (Å²) in [6, 6.07) is 6.53. The van der Waals surface area contributed by atoms with Gasteiger partial charge in [0.1, 0.15) is 5.75 Å². The Labute approximate surface area is 159 Å². The van der Waals surface area contributed by atoms with Crippen LogP contribution in [0.25, 0.3) is 0 Å². The van der Waals surface area contributed by atoms with Crippen molar-refractivity contribution in [2.75, 3.05) is 31.2 Å². The summed E-state index contributed by atoms with van der Waals surface area (Å²) in [5, 5.41) is 0. The molecule has 0 bridgehead atoms. The number of piperidine rings is 1. The molecule has 1 aromatic carbocycles. The first kappa shape index (κ1) is 19.4. The number of nitrogens with zero attached hydrogens (tertiary/aromatic N) is 2. The highest BCUT2D eigenvalue weighted by atomic mass is 16.5. The van der Waals surface area contributed by atoms with Gasteiger partial charge in [-0.3, -0.25) is 19.3 Å². The Morgan fingerprint density at radius 3 is 2.70 bits per heavy atom. The molecule has 2 aliphatic heterocycles. The molecule has 3 rings (SSSR count). The van der Waals surface area contributed by atoms with Crippen LogP contribution in [0.15, 0.2) is 24.3 Å². The van der Waals surface area contributed by atoms with Crippen molar-refractivity contribution < 1.29 is 23.9 Å². The lowest BCUT2D eigenvalue weighted by Gasteiger charge is -2.34. The van der Waals surface area contributed by atoms with E-state index in [0.717, 1.165) is 12.8 Å². The van der Waals surface area contributed by atoms with Gasteiger partial charge >= 0.3 is 5.97 Å². The van der Waals surface area contributed by atoms with Crippen molar-refractivity contribution in [3.8, 4) is 5.75 Å². The van der Waals surface area contributed by atoms with Crippen LogP contribution in [-0.4, -0.2) is 55.0 Å². The van der Waals surface area contributed by atoms with E-state index in [1.807, 2.05) is 17.9 Å². The van der Waals surface area contributed by atoms with Crippen molar-refractivity contribution in [2.24, 2.45) is 5.92 Å². The molecule has 7 heteroatoms. The van der Waals surface area contributed by atoms with Gasteiger partial charge in [-0.1, -0.05) is 12.1 Å². The van der Waals surface area contributed by atoms with Gasteiger partial charge in [0.25, 0.3) is 5.91 Å². The fourth-order valence-corrected chi connectivity index (χ4v) is 3.82. The molecular formula is C20H26N2O5. The molecule has 2 amide bonds. The second-order valence-electron chi connectivity index (χ2n) is 6.77. The molecule has 0 unspecified atom stereocenters. The molecule has 146 valence electrons. The maximum Gasteiger partial charge on any atom is 0.310 e. The van der Waals surface area contributed by atoms with Crippen molar-refractivity contribution in [3.63, 3.8) is 0 Å². The van der Waals surface area contributed by atoms with Gasteiger partial charge in [0.15, 0.2) is 0 Å². The lowest BCUT2D eigenvalue weighted by atomic mass is 9.96. The minimum atomic E-state index is -0.538. The summed E-state index contributed by atoms with van der Waals surface area (Å²) in [6.07, 6.45) is 1.67. The van der Waals surface area contributed by atoms with E-state index < -0.39 is 6.04 Å². The third kappa shape index (κ3) is 3.98. The Bertz CT molecular complexity index is 720. The summed E-state index contributed by atoms with van der Waals surface area (Å²) < 4.78 is 10.7. The molecule has 0 aromatic heterocycles. The third-order valence-electron chi connectivity index (χ3n) is 5.04. The first-order chi connectivity index (χ1) is 13.1. The Balaban J connectivity index is 1.77. The van der Waals surface area contributed by atoms with E-state index >= 15 is 0 Å². The summed E-state index contributed by atoms with van der Waals surface area (Å²) in [4.78, 5) is 41.0. The van der Waals surface area contributed by atoms with Gasteiger partial charge in [-0.15, -0.1) is 0 Å². The van der Waals surface area contributed by atoms with Gasteiger partial charge in [0, 0.05) is 6.54 Å². The first-order valence-corrected chi connectivity index (χ1v) is 9.56. The molecule has 0 spiro atoms. The van der Waals surface area contributed by atoms with Gasteiger partial charge in [-0.25, -0.2) is 4.90 Å². The predicted octanol–water partition coefficient (Wildman–Crippen LogP) is 1.99. The molecule has 2 aliphatic rings. The molecule has 0 aliphatic carbocycles. The second kappa shape index (κ2) is 8.52. The van der Waals surface area contributed by atoms with Crippen LogP contribution in [-0.2, 0) is 19.1 Å². The normalized spacial score (nSPS) is 23.6. The number of esters is 1. The lowest BCUT2D eigenvalue weighted by molar-refractivity contribution is -0.150. The zero-order valence-electron chi connectivity index (χ0n) is 15.8. The number of hydrogen-bond donors (Lipinski definition) is 0. The highest BCUT2D eigenvalue weighted by Crippen LogP contribution is 2.34. The summed E-state index contributed by atoms with van der Waals surface area (Å²) in [5.41, 5.74) is 0.482. The maximum absolute atomic E-state index is 13.1. The number of carbonyl (C=O) groups excluding carboxylic acids is 3. The number of imide groups is 1. The monoisotopic (exact) mass is 374 g/mol. The predicted molar refractivity (Wildman–Crippen MR) is 99.4 cm³/mol. The molecule has 2 saturated heterocycles. The van der Waals surface area contributed by atoms with Crippen molar-refractivity contribution >= 4 is 23.5 Å². The minimum Gasteiger partial charge on any atom is -0.492 e. The van der Waals surface area contributed by atoms with Crippen LogP contribution < -0.4 is 9.64 Å². The van der Waals surface area contributed by atoms with Crippen LogP contribution in [0.3, 0.4) is 0 Å². The number of para-hydroxylation sites is 2. The quantitative estimate of drug-likeness (QED) is 0.560. The van der Waals surface area contributed by atoms with Gasteiger partial charge in [-0.05, 0) is 45.4 Å². The molecule has 0 N–H and O–H groups in total. The molecule has 2 atom stereocenters. The fourth-order valence-electron chi connectivity index (χ4n) is 3.82. The Hall–Kier alpha value is -2.41. The molecular weight excluding hydrogens is 348 g/mol. The van der Waals surface area contributed by atoms with Crippen LogP contribution in [0.4, 0.5) is 5.69 Å². The van der Waals surface area contributed by atoms with Crippen LogP contribution in [0.5, 0.6) is 5.75 Å². The zero-order chi connectivity index (χ0) is 19.4. The molecule has 27 heavy (non-hydrogen) atoms. The smallest absolute Gasteiger partial charge is 0.310 e. The average molecular weight is 374 g/mol. The largest absolute Gasteiger partial charge is 0.492 e. The number of carbonyl (C=O) groups is 3. The standard InChI is InChI=1S/C20H26N2O5/c1-3-26-17-10-6-5-9-15(17)22-18(23)12-16(19(22)24)21-11-7-8-14(13-21)20(25)27-4-2/h5-6,9-10,14,16H,3-4,7-8,11-13H2,1-2H3/t14-,16-/m1/s1. The topological polar surface area (TPSA) is 76.2 Å². The van der Waals surface area contributed by atoms with Crippen LogP contribution >= 0.6 is 0 Å². The van der Waals surface area contributed by atoms with Crippen molar-refractivity contribution in [1.29, 1.82) is 0 Å². The number of amides is 2. The highest BCUT2D eigenvalue weighted by Gasteiger charge is 2.45. The third-order valence-corrected chi connectivity index (χ3v) is 5.04. The number of rotatable bonds is 6. The van der Waals surface area contributed by atoms with Gasteiger partial charge < -0.3 is 9.47 Å². The van der Waals surface area contributed by atoms with E-state index in [4.69, 9.17) is 9.47 Å². The zero-order valence-corrected chi connectivity index (χ0v) is 15.8. The number of ether oxygens (including phenoxy) is 2. The average Bonchev–Trinajstić information content (AvgIpc) is 2.97. The lowest BCUT2D eigenvalue weighted by Crippen LogP contribution is -2.48. The van der Waals surface area contributed by atoms with Gasteiger partial charge in [-0.2, -0.15) is 0 Å².